The Balaban J connectivity index is 1.23. The molecule has 1 saturated heterocycles. The fourth-order valence-corrected chi connectivity index (χ4v) is 4.88. The number of nitrogens with two attached hydrogens (primary N) is 1. The Labute approximate surface area is 240 Å². The molecule has 2 aliphatic heterocycles. The van der Waals surface area contributed by atoms with Crippen LogP contribution in [0.3, 0.4) is 0 Å². The number of imide groups is 1. The van der Waals surface area contributed by atoms with E-state index in [0.717, 1.165) is 21.6 Å². The van der Waals surface area contributed by atoms with Crippen molar-refractivity contribution in [3.63, 3.8) is 0 Å². The maximum absolute atomic E-state index is 12.8. The zero-order valence-corrected chi connectivity index (χ0v) is 23.2. The maximum Gasteiger partial charge on any atom is 0.419 e. The van der Waals surface area contributed by atoms with Crippen molar-refractivity contribution in [3.05, 3.63) is 48.4 Å². The number of ether oxygens (including phenoxy) is 3. The standard InChI is InChI=1S/C27H30N8O7/c1-4-15(2)24(28)25(37)40-14-41-26(38)33(16(3)36)12-22-21-10-19-9-17(5-7-20(19)35(21)27(39)42-22)18-6-8-23(29-11-18)34-13-30-31-32-34/h5-9,11,13,15,21-22,24H,4,10,12,14,28H2,1-3H3/t15?,21-,22-,24+/m0/s1. The number of carbonyl (C=O) groups is 4. The lowest BCUT2D eigenvalue weighted by Crippen LogP contribution is -2.46. The number of hydrogen-bond donors (Lipinski definition) is 1. The average molecular weight is 579 g/mol. The molecular weight excluding hydrogens is 548 g/mol. The fraction of sp³-hybridized carbons (Fsp3) is 0.407. The summed E-state index contributed by atoms with van der Waals surface area (Å²) in [4.78, 5) is 56.7. The summed E-state index contributed by atoms with van der Waals surface area (Å²) in [5.74, 6) is -0.881. The Morgan fingerprint density at radius 2 is 1.98 bits per heavy atom. The minimum atomic E-state index is -1.03. The molecule has 2 aromatic heterocycles. The summed E-state index contributed by atoms with van der Waals surface area (Å²) in [6, 6.07) is 8.07. The number of nitrogens with zero attached hydrogens (tertiary/aromatic N) is 7. The molecule has 0 spiro atoms. The highest BCUT2D eigenvalue weighted by Gasteiger charge is 2.48. The number of cyclic esters (lactones) is 1. The van der Waals surface area contributed by atoms with Gasteiger partial charge in [-0.25, -0.2) is 19.5 Å². The summed E-state index contributed by atoms with van der Waals surface area (Å²) >= 11 is 0. The van der Waals surface area contributed by atoms with Crippen molar-refractivity contribution in [1.82, 2.24) is 30.1 Å². The molecule has 3 aromatic rings. The van der Waals surface area contributed by atoms with Gasteiger partial charge in [0.1, 0.15) is 18.5 Å². The van der Waals surface area contributed by atoms with Gasteiger partial charge in [0.25, 0.3) is 0 Å². The number of benzene rings is 1. The molecule has 15 heteroatoms. The van der Waals surface area contributed by atoms with Crippen LogP contribution in [-0.2, 0) is 30.2 Å². The lowest BCUT2D eigenvalue weighted by molar-refractivity contribution is -0.155. The largest absolute Gasteiger partial charge is 0.442 e. The van der Waals surface area contributed by atoms with E-state index in [1.165, 1.54) is 22.8 Å². The first-order valence-corrected chi connectivity index (χ1v) is 13.4. The fourth-order valence-electron chi connectivity index (χ4n) is 4.88. The predicted octanol–water partition coefficient (Wildman–Crippen LogP) is 1.83. The van der Waals surface area contributed by atoms with Gasteiger partial charge in [-0.1, -0.05) is 26.3 Å². The van der Waals surface area contributed by atoms with Crippen molar-refractivity contribution in [1.29, 1.82) is 0 Å². The first kappa shape index (κ1) is 28.6. The second kappa shape index (κ2) is 11.9. The van der Waals surface area contributed by atoms with E-state index in [-0.39, 0.29) is 12.5 Å². The third-order valence-electron chi connectivity index (χ3n) is 7.52. The van der Waals surface area contributed by atoms with Gasteiger partial charge in [-0.3, -0.25) is 14.5 Å². The lowest BCUT2D eigenvalue weighted by atomic mass is 10.0. The van der Waals surface area contributed by atoms with Gasteiger partial charge in [-0.15, -0.1) is 5.10 Å². The molecule has 1 fully saturated rings. The monoisotopic (exact) mass is 578 g/mol. The predicted molar refractivity (Wildman–Crippen MR) is 145 cm³/mol. The molecule has 2 aliphatic rings. The third-order valence-corrected chi connectivity index (χ3v) is 7.52. The zero-order chi connectivity index (χ0) is 30.0. The van der Waals surface area contributed by atoms with Crippen LogP contribution in [0.5, 0.6) is 0 Å². The van der Waals surface area contributed by atoms with Gasteiger partial charge < -0.3 is 19.9 Å². The van der Waals surface area contributed by atoms with Crippen LogP contribution in [0.25, 0.3) is 16.9 Å². The molecule has 1 aromatic carbocycles. The van der Waals surface area contributed by atoms with Crippen molar-refractivity contribution in [2.75, 3.05) is 18.2 Å². The molecule has 0 aliphatic carbocycles. The van der Waals surface area contributed by atoms with Gasteiger partial charge in [0.2, 0.25) is 12.7 Å². The quantitative estimate of drug-likeness (QED) is 0.287. The average Bonchev–Trinajstić information content (AvgIpc) is 3.72. The third kappa shape index (κ3) is 5.63. The second-order valence-electron chi connectivity index (χ2n) is 10.1. The minimum Gasteiger partial charge on any atom is -0.442 e. The minimum absolute atomic E-state index is 0.117. The number of carbonyl (C=O) groups excluding carboxylic acids is 4. The lowest BCUT2D eigenvalue weighted by Gasteiger charge is -2.24. The molecule has 4 heterocycles. The number of aromatic nitrogens is 5. The van der Waals surface area contributed by atoms with Crippen LogP contribution in [0.4, 0.5) is 15.3 Å². The van der Waals surface area contributed by atoms with Crippen molar-refractivity contribution < 1.29 is 33.4 Å². The van der Waals surface area contributed by atoms with E-state index in [1.807, 2.05) is 31.2 Å². The van der Waals surface area contributed by atoms with Crippen LogP contribution in [0, 0.1) is 5.92 Å². The van der Waals surface area contributed by atoms with E-state index in [4.69, 9.17) is 19.9 Å². The second-order valence-corrected chi connectivity index (χ2v) is 10.1. The van der Waals surface area contributed by atoms with Gasteiger partial charge >= 0.3 is 18.2 Å². The maximum atomic E-state index is 12.8. The Bertz CT molecular complexity index is 1480. The van der Waals surface area contributed by atoms with Crippen LogP contribution in [-0.4, -0.2) is 85.7 Å². The molecule has 220 valence electrons. The topological polar surface area (TPSA) is 185 Å². The SMILES string of the molecule is CCC(C)[C@@H](N)C(=O)OCOC(=O)N(C[C@@H]1OC(=O)N2c3ccc(-c4ccc(-n5cnnn5)nc4)cc3C[C@@H]12)C(C)=O. The molecule has 15 nitrogen and oxygen atoms in total. The van der Waals surface area contributed by atoms with Crippen LogP contribution in [0.15, 0.2) is 42.9 Å². The van der Waals surface area contributed by atoms with E-state index in [1.54, 1.807) is 19.2 Å². The molecule has 4 atom stereocenters. The zero-order valence-electron chi connectivity index (χ0n) is 23.2. The van der Waals surface area contributed by atoms with E-state index in [9.17, 15) is 19.2 Å². The molecule has 0 radical (unpaired) electrons. The molecule has 1 unspecified atom stereocenters. The molecule has 0 bridgehead atoms. The molecule has 5 rings (SSSR count). The number of amides is 3. The van der Waals surface area contributed by atoms with Crippen LogP contribution >= 0.6 is 0 Å². The number of hydrogen-bond acceptors (Lipinski definition) is 12. The Morgan fingerprint density at radius 3 is 2.64 bits per heavy atom. The van der Waals surface area contributed by atoms with Gasteiger partial charge in [0, 0.05) is 18.7 Å². The number of pyridine rings is 1. The number of esters is 1. The van der Waals surface area contributed by atoms with Gasteiger partial charge in [-0.05, 0) is 58.2 Å². The van der Waals surface area contributed by atoms with E-state index in [0.29, 0.717) is 24.3 Å². The van der Waals surface area contributed by atoms with Gasteiger partial charge in [0.15, 0.2) is 5.82 Å². The number of anilines is 1. The summed E-state index contributed by atoms with van der Waals surface area (Å²) in [5, 5.41) is 11.0. The van der Waals surface area contributed by atoms with Crippen molar-refractivity contribution >= 4 is 29.8 Å². The van der Waals surface area contributed by atoms with Gasteiger partial charge in [-0.2, -0.15) is 4.68 Å². The molecular formula is C27H30N8O7. The summed E-state index contributed by atoms with van der Waals surface area (Å²) in [7, 11) is 0. The van der Waals surface area contributed by atoms with Gasteiger partial charge in [0.05, 0.1) is 18.3 Å². The molecule has 2 N–H and O–H groups in total. The van der Waals surface area contributed by atoms with E-state index < -0.39 is 49.0 Å². The van der Waals surface area contributed by atoms with Crippen LogP contribution in [0.2, 0.25) is 0 Å². The summed E-state index contributed by atoms with van der Waals surface area (Å²) in [5.41, 5.74) is 9.18. The van der Waals surface area contributed by atoms with Crippen molar-refractivity contribution in [2.45, 2.75) is 51.8 Å². The Morgan fingerprint density at radius 1 is 1.19 bits per heavy atom. The highest BCUT2D eigenvalue weighted by atomic mass is 16.7. The highest BCUT2D eigenvalue weighted by molar-refractivity contribution is 5.95. The first-order valence-electron chi connectivity index (χ1n) is 13.4. The van der Waals surface area contributed by atoms with E-state index >= 15 is 0 Å². The molecule has 42 heavy (non-hydrogen) atoms. The normalized spacial score (nSPS) is 18.5. The van der Waals surface area contributed by atoms with Crippen LogP contribution < -0.4 is 10.6 Å². The van der Waals surface area contributed by atoms with E-state index in [2.05, 4.69) is 20.5 Å². The van der Waals surface area contributed by atoms with Crippen molar-refractivity contribution in [3.8, 4) is 16.9 Å². The summed E-state index contributed by atoms with van der Waals surface area (Å²) < 4.78 is 16.9. The Kier molecular flexibility index (Phi) is 8.10. The number of tetrazole rings is 1. The summed E-state index contributed by atoms with van der Waals surface area (Å²) in [6.07, 6.45) is 1.87. The molecule has 0 saturated carbocycles. The molecule has 3 amide bonds. The summed E-state index contributed by atoms with van der Waals surface area (Å²) in [6.45, 7) is 3.94. The highest BCUT2D eigenvalue weighted by Crippen LogP contribution is 2.40. The van der Waals surface area contributed by atoms with Crippen LogP contribution in [0.1, 0.15) is 32.8 Å². The first-order chi connectivity index (χ1) is 20.2. The number of rotatable bonds is 9. The Hall–Kier alpha value is -4.92. The number of fused-ring (bicyclic) bond motifs is 3. The van der Waals surface area contributed by atoms with Crippen molar-refractivity contribution in [2.24, 2.45) is 11.7 Å². The smallest absolute Gasteiger partial charge is 0.419 e.